The number of nitrogens with zero attached hydrogens (tertiary/aromatic N) is 3. The molecule has 0 fully saturated rings. The maximum absolute atomic E-state index is 13.6. The van der Waals surface area contributed by atoms with Crippen LogP contribution in [0.3, 0.4) is 0 Å². The Labute approximate surface area is 252 Å². The van der Waals surface area contributed by atoms with Gasteiger partial charge in [-0.25, -0.2) is 14.5 Å². The first-order valence-corrected chi connectivity index (χ1v) is 16.5. The first kappa shape index (κ1) is 31.7. The van der Waals surface area contributed by atoms with E-state index < -0.39 is 22.3 Å². The van der Waals surface area contributed by atoms with Gasteiger partial charge in [-0.2, -0.15) is 0 Å². The Morgan fingerprint density at radius 3 is 2.31 bits per heavy atom. The summed E-state index contributed by atoms with van der Waals surface area (Å²) in [6.45, 7) is 6.41. The lowest BCUT2D eigenvalue weighted by molar-refractivity contribution is -0.698. The summed E-state index contributed by atoms with van der Waals surface area (Å²) < 4.78 is 34.0. The lowest BCUT2D eigenvalue weighted by Crippen LogP contribution is -2.41. The Balaban J connectivity index is 1.46. The Bertz CT molecular complexity index is 1360. The van der Waals surface area contributed by atoms with Crippen molar-refractivity contribution < 1.29 is 23.0 Å². The number of rotatable bonds is 19. The minimum absolute atomic E-state index is 0.248. The van der Waals surface area contributed by atoms with Crippen LogP contribution < -0.4 is 9.30 Å². The quantitative estimate of drug-likeness (QED) is 0.101. The number of benzene rings is 2. The molecule has 0 radical (unpaired) electrons. The molecule has 4 rings (SSSR count). The van der Waals surface area contributed by atoms with E-state index in [2.05, 4.69) is 57.9 Å². The van der Waals surface area contributed by atoms with Crippen molar-refractivity contribution in [2.75, 3.05) is 25.6 Å². The van der Waals surface area contributed by atoms with Crippen molar-refractivity contribution in [2.45, 2.75) is 70.5 Å². The molecule has 0 saturated heterocycles. The van der Waals surface area contributed by atoms with Crippen molar-refractivity contribution in [1.29, 1.82) is 0 Å². The standard InChI is InChI=1S/C34H44N3O4S/c1-3-5-7-11-28-12-14-31-26-29(13-15-30(31)25-28)27-32(41-34-35-16-10-17-36-34)33(40-21-4-2)42(38)24-23-39-22-20-37-18-8-6-9-19-37/h6,8-10,12-19,25-26,32-33H,3-5,7,11,20-24,27H2,1-2H3/q+1. The largest absolute Gasteiger partial charge is 0.456 e. The van der Waals surface area contributed by atoms with Crippen molar-refractivity contribution in [1.82, 2.24) is 9.97 Å². The Morgan fingerprint density at radius 2 is 1.57 bits per heavy atom. The van der Waals surface area contributed by atoms with Gasteiger partial charge in [0.2, 0.25) is 0 Å². The number of ether oxygens (including phenoxy) is 3. The maximum atomic E-state index is 13.6. The molecular weight excluding hydrogens is 546 g/mol. The summed E-state index contributed by atoms with van der Waals surface area (Å²) in [5.41, 5.74) is 1.80. The number of hydrogen-bond donors (Lipinski definition) is 0. The highest BCUT2D eigenvalue weighted by Crippen LogP contribution is 2.23. The summed E-state index contributed by atoms with van der Waals surface area (Å²) in [5, 5.41) is 2.41. The van der Waals surface area contributed by atoms with Gasteiger partial charge in [-0.1, -0.05) is 69.2 Å². The maximum Gasteiger partial charge on any atom is 0.316 e. The molecule has 0 aliphatic carbocycles. The summed E-state index contributed by atoms with van der Waals surface area (Å²) >= 11 is 0. The predicted octanol–water partition coefficient (Wildman–Crippen LogP) is 5.86. The number of aromatic nitrogens is 3. The molecule has 0 saturated carbocycles. The fourth-order valence-corrected chi connectivity index (χ4v) is 6.07. The SMILES string of the molecule is CCCCCc1ccc2cc(CC(Oc3ncccn3)C(OCCC)S(=O)CCOCC[n+]3ccccc3)ccc2c1. The number of unbranched alkanes of at least 4 members (excludes halogenated alkanes) is 2. The molecule has 0 amide bonds. The van der Waals surface area contributed by atoms with Crippen molar-refractivity contribution in [3.63, 3.8) is 0 Å². The van der Waals surface area contributed by atoms with Crippen LogP contribution in [0.5, 0.6) is 6.01 Å². The average Bonchev–Trinajstić information content (AvgIpc) is 3.02. The molecule has 2 aromatic heterocycles. The number of pyridine rings is 1. The van der Waals surface area contributed by atoms with E-state index in [9.17, 15) is 4.21 Å². The predicted molar refractivity (Wildman–Crippen MR) is 168 cm³/mol. The molecule has 2 heterocycles. The highest BCUT2D eigenvalue weighted by Gasteiger charge is 2.31. The lowest BCUT2D eigenvalue weighted by Gasteiger charge is -2.27. The molecule has 0 bridgehead atoms. The van der Waals surface area contributed by atoms with Gasteiger partial charge in [-0.05, 0) is 47.2 Å². The molecule has 0 aliphatic rings. The molecule has 8 heteroatoms. The molecule has 0 aliphatic heterocycles. The van der Waals surface area contributed by atoms with Gasteiger partial charge in [0.05, 0.1) is 17.4 Å². The van der Waals surface area contributed by atoms with Crippen molar-refractivity contribution in [3.8, 4) is 6.01 Å². The summed E-state index contributed by atoms with van der Waals surface area (Å²) in [7, 11) is -1.35. The molecule has 4 aromatic rings. The van der Waals surface area contributed by atoms with Crippen LogP contribution in [0.15, 0.2) is 85.5 Å². The summed E-state index contributed by atoms with van der Waals surface area (Å²) in [5.74, 6) is 0.349. The first-order chi connectivity index (χ1) is 20.7. The van der Waals surface area contributed by atoms with Gasteiger partial charge in [-0.15, -0.1) is 0 Å². The minimum Gasteiger partial charge on any atom is -0.456 e. The Morgan fingerprint density at radius 1 is 0.833 bits per heavy atom. The molecule has 224 valence electrons. The highest BCUT2D eigenvalue weighted by molar-refractivity contribution is 7.85. The molecule has 0 spiro atoms. The van der Waals surface area contributed by atoms with Crippen LogP contribution in [0.1, 0.15) is 50.7 Å². The first-order valence-electron chi connectivity index (χ1n) is 15.1. The highest BCUT2D eigenvalue weighted by atomic mass is 32.2. The van der Waals surface area contributed by atoms with Gasteiger partial charge >= 0.3 is 6.01 Å². The van der Waals surface area contributed by atoms with E-state index in [1.807, 2.05) is 37.5 Å². The average molecular weight is 591 g/mol. The zero-order chi connectivity index (χ0) is 29.4. The molecule has 42 heavy (non-hydrogen) atoms. The zero-order valence-corrected chi connectivity index (χ0v) is 25.7. The van der Waals surface area contributed by atoms with Crippen LogP contribution in [0, 0.1) is 0 Å². The second-order valence-corrected chi connectivity index (χ2v) is 12.0. The fourth-order valence-electron chi connectivity index (χ4n) is 4.81. The monoisotopic (exact) mass is 590 g/mol. The summed E-state index contributed by atoms with van der Waals surface area (Å²) in [4.78, 5) is 8.55. The molecule has 3 unspecified atom stereocenters. The van der Waals surface area contributed by atoms with E-state index in [-0.39, 0.29) is 6.01 Å². The number of aryl methyl sites for hydroxylation is 1. The normalized spacial score (nSPS) is 13.6. The van der Waals surface area contributed by atoms with Gasteiger partial charge in [0.1, 0.15) is 12.7 Å². The zero-order valence-electron chi connectivity index (χ0n) is 24.9. The van der Waals surface area contributed by atoms with Crippen LogP contribution in [-0.2, 0) is 39.7 Å². The van der Waals surface area contributed by atoms with Gasteiger partial charge in [0.25, 0.3) is 0 Å². The van der Waals surface area contributed by atoms with Gasteiger partial charge in [0.15, 0.2) is 24.4 Å². The van der Waals surface area contributed by atoms with Crippen molar-refractivity contribution in [3.05, 3.63) is 96.6 Å². The third-order valence-electron chi connectivity index (χ3n) is 7.02. The fraction of sp³-hybridized carbons (Fsp3) is 0.441. The van der Waals surface area contributed by atoms with E-state index in [0.717, 1.165) is 24.9 Å². The van der Waals surface area contributed by atoms with E-state index in [0.29, 0.717) is 32.0 Å². The van der Waals surface area contributed by atoms with Crippen molar-refractivity contribution in [2.24, 2.45) is 0 Å². The van der Waals surface area contributed by atoms with E-state index in [1.165, 1.54) is 35.6 Å². The van der Waals surface area contributed by atoms with Crippen LogP contribution in [0.25, 0.3) is 10.8 Å². The smallest absolute Gasteiger partial charge is 0.316 e. The van der Waals surface area contributed by atoms with E-state index in [1.54, 1.807) is 18.5 Å². The second kappa shape index (κ2) is 17.7. The third kappa shape index (κ3) is 10.3. The molecule has 3 atom stereocenters. The van der Waals surface area contributed by atoms with Crippen LogP contribution in [0.4, 0.5) is 0 Å². The lowest BCUT2D eigenvalue weighted by atomic mass is 9.99. The van der Waals surface area contributed by atoms with Crippen LogP contribution >= 0.6 is 0 Å². The summed E-state index contributed by atoms with van der Waals surface area (Å²) in [6, 6.07) is 21.2. The second-order valence-electron chi connectivity index (χ2n) is 10.4. The van der Waals surface area contributed by atoms with Gasteiger partial charge in [-0.3, -0.25) is 4.21 Å². The minimum atomic E-state index is -1.35. The van der Waals surface area contributed by atoms with E-state index >= 15 is 0 Å². The van der Waals surface area contributed by atoms with Crippen LogP contribution in [-0.4, -0.2) is 51.3 Å². The Kier molecular flexibility index (Phi) is 13.4. The molecule has 2 aromatic carbocycles. The van der Waals surface area contributed by atoms with Gasteiger partial charge < -0.3 is 14.2 Å². The molecule has 7 nitrogen and oxygen atoms in total. The van der Waals surface area contributed by atoms with Gasteiger partial charge in [0, 0.05) is 43.3 Å². The van der Waals surface area contributed by atoms with Crippen LogP contribution in [0.2, 0.25) is 0 Å². The number of hydrogen-bond acceptors (Lipinski definition) is 6. The Hall–Kier alpha value is -3.20. The van der Waals surface area contributed by atoms with Crippen molar-refractivity contribution >= 4 is 21.6 Å². The molecule has 0 N–H and O–H groups in total. The summed E-state index contributed by atoms with van der Waals surface area (Å²) in [6.07, 6.45) is 12.9. The molecular formula is C34H44N3O4S+. The number of fused-ring (bicyclic) bond motifs is 1. The van der Waals surface area contributed by atoms with E-state index in [4.69, 9.17) is 14.2 Å². The topological polar surface area (TPSA) is 74.4 Å². The third-order valence-corrected chi connectivity index (χ3v) is 8.55.